The van der Waals surface area contributed by atoms with Crippen LogP contribution in [0.1, 0.15) is 6.92 Å². The Balaban J connectivity index is 1.84. The lowest BCUT2D eigenvalue weighted by Gasteiger charge is -2.17. The Morgan fingerprint density at radius 2 is 1.70 bits per heavy atom. The predicted molar refractivity (Wildman–Crippen MR) is 102 cm³/mol. The minimum atomic E-state index is -0.903. The Morgan fingerprint density at radius 1 is 1.04 bits per heavy atom. The number of nitrogens with one attached hydrogen (secondary N) is 1. The van der Waals surface area contributed by atoms with Crippen molar-refractivity contribution in [3.05, 3.63) is 83.4 Å². The molecule has 3 rings (SSSR count). The number of amides is 1. The summed E-state index contributed by atoms with van der Waals surface area (Å²) >= 11 is 5.82. The molecule has 3 nitrogen and oxygen atoms in total. The molecule has 6 heteroatoms. The maximum atomic E-state index is 14.4. The van der Waals surface area contributed by atoms with Gasteiger partial charge < -0.3 is 10.1 Å². The average Bonchev–Trinajstić information content (AvgIpc) is 2.66. The highest BCUT2D eigenvalue weighted by Gasteiger charge is 2.20. The molecule has 0 fully saturated rings. The van der Waals surface area contributed by atoms with E-state index in [9.17, 15) is 13.6 Å². The summed E-state index contributed by atoms with van der Waals surface area (Å²) < 4.78 is 33.6. The molecule has 0 aliphatic carbocycles. The van der Waals surface area contributed by atoms with Crippen LogP contribution in [0.25, 0.3) is 11.1 Å². The quantitative estimate of drug-likeness (QED) is 0.610. The molecule has 0 bridgehead atoms. The van der Waals surface area contributed by atoms with E-state index in [1.807, 2.05) is 0 Å². The third-order valence-electron chi connectivity index (χ3n) is 3.88. The zero-order chi connectivity index (χ0) is 19.4. The fraction of sp³-hybridized carbons (Fsp3) is 0.0952. The van der Waals surface area contributed by atoms with Crippen LogP contribution in [0.5, 0.6) is 5.75 Å². The van der Waals surface area contributed by atoms with Crippen LogP contribution in [0.3, 0.4) is 0 Å². The molecule has 0 aliphatic heterocycles. The van der Waals surface area contributed by atoms with Crippen LogP contribution in [0.15, 0.2) is 66.7 Å². The first-order valence-electron chi connectivity index (χ1n) is 8.21. The Kier molecular flexibility index (Phi) is 5.72. The molecule has 0 heterocycles. The molecular formula is C21H16ClF2NO2. The van der Waals surface area contributed by atoms with Crippen molar-refractivity contribution in [2.75, 3.05) is 5.32 Å². The highest BCUT2D eigenvalue weighted by Crippen LogP contribution is 2.31. The van der Waals surface area contributed by atoms with Gasteiger partial charge >= 0.3 is 0 Å². The molecule has 0 radical (unpaired) electrons. The van der Waals surface area contributed by atoms with Gasteiger partial charge in [-0.15, -0.1) is 0 Å². The second-order valence-corrected chi connectivity index (χ2v) is 6.32. The van der Waals surface area contributed by atoms with Gasteiger partial charge in [-0.25, -0.2) is 8.78 Å². The van der Waals surface area contributed by atoms with E-state index >= 15 is 0 Å². The minimum Gasteiger partial charge on any atom is -0.481 e. The van der Waals surface area contributed by atoms with Crippen LogP contribution < -0.4 is 10.1 Å². The molecule has 27 heavy (non-hydrogen) atoms. The zero-order valence-corrected chi connectivity index (χ0v) is 15.1. The number of benzene rings is 3. The van der Waals surface area contributed by atoms with Gasteiger partial charge in [-0.2, -0.15) is 0 Å². The number of rotatable bonds is 5. The summed E-state index contributed by atoms with van der Waals surface area (Å²) in [6.07, 6.45) is -0.903. The van der Waals surface area contributed by atoms with E-state index in [1.165, 1.54) is 13.0 Å². The van der Waals surface area contributed by atoms with E-state index in [4.69, 9.17) is 16.3 Å². The topological polar surface area (TPSA) is 38.3 Å². The first-order chi connectivity index (χ1) is 12.9. The van der Waals surface area contributed by atoms with Crippen LogP contribution in [-0.2, 0) is 4.79 Å². The summed E-state index contributed by atoms with van der Waals surface area (Å²) in [5.41, 5.74) is 0.733. The van der Waals surface area contributed by atoms with Gasteiger partial charge in [0.05, 0.1) is 5.69 Å². The van der Waals surface area contributed by atoms with Crippen LogP contribution in [-0.4, -0.2) is 12.0 Å². The highest BCUT2D eigenvalue weighted by atomic mass is 35.5. The van der Waals surface area contributed by atoms with Gasteiger partial charge in [-0.05, 0) is 42.8 Å². The van der Waals surface area contributed by atoms with E-state index in [2.05, 4.69) is 5.32 Å². The smallest absolute Gasteiger partial charge is 0.265 e. The summed E-state index contributed by atoms with van der Waals surface area (Å²) in [7, 11) is 0. The van der Waals surface area contributed by atoms with Crippen LogP contribution in [0.4, 0.5) is 14.5 Å². The monoisotopic (exact) mass is 387 g/mol. The van der Waals surface area contributed by atoms with Gasteiger partial charge in [0.1, 0.15) is 17.4 Å². The van der Waals surface area contributed by atoms with E-state index < -0.39 is 23.6 Å². The molecule has 3 aromatic rings. The fourth-order valence-corrected chi connectivity index (χ4v) is 2.67. The molecule has 0 aliphatic rings. The lowest BCUT2D eigenvalue weighted by Crippen LogP contribution is -2.30. The Labute approximate surface area is 160 Å². The second-order valence-electron chi connectivity index (χ2n) is 5.88. The van der Waals surface area contributed by atoms with Crippen molar-refractivity contribution in [2.45, 2.75) is 13.0 Å². The van der Waals surface area contributed by atoms with E-state index in [1.54, 1.807) is 54.6 Å². The number of ether oxygens (including phenoxy) is 1. The van der Waals surface area contributed by atoms with Crippen LogP contribution >= 0.6 is 11.6 Å². The molecule has 1 amide bonds. The van der Waals surface area contributed by atoms with Gasteiger partial charge in [0.2, 0.25) is 0 Å². The van der Waals surface area contributed by atoms with E-state index in [0.717, 1.165) is 6.07 Å². The number of halogens is 3. The SMILES string of the molecule is CC(Oc1ccc(Cl)cc1)C(=O)Nc1c(F)cc(F)cc1-c1ccccc1. The molecule has 0 saturated heterocycles. The first kappa shape index (κ1) is 18.9. The normalized spacial score (nSPS) is 11.7. The lowest BCUT2D eigenvalue weighted by molar-refractivity contribution is -0.122. The average molecular weight is 388 g/mol. The van der Waals surface area contributed by atoms with Crippen molar-refractivity contribution in [3.63, 3.8) is 0 Å². The maximum Gasteiger partial charge on any atom is 0.265 e. The van der Waals surface area contributed by atoms with Crippen molar-refractivity contribution in [2.24, 2.45) is 0 Å². The van der Waals surface area contributed by atoms with Crippen molar-refractivity contribution in [1.82, 2.24) is 0 Å². The number of hydrogen-bond donors (Lipinski definition) is 1. The number of hydrogen-bond acceptors (Lipinski definition) is 2. The summed E-state index contributed by atoms with van der Waals surface area (Å²) in [4.78, 5) is 12.5. The van der Waals surface area contributed by atoms with Crippen molar-refractivity contribution >= 4 is 23.2 Å². The number of carbonyl (C=O) groups is 1. The summed E-state index contributed by atoms with van der Waals surface area (Å²) in [5.74, 6) is -1.70. The second kappa shape index (κ2) is 8.18. The summed E-state index contributed by atoms with van der Waals surface area (Å²) in [6.45, 7) is 1.54. The highest BCUT2D eigenvalue weighted by molar-refractivity contribution is 6.30. The molecule has 1 N–H and O–H groups in total. The molecule has 1 unspecified atom stereocenters. The van der Waals surface area contributed by atoms with Gasteiger partial charge in [0.15, 0.2) is 6.10 Å². The van der Waals surface area contributed by atoms with Crippen LogP contribution in [0, 0.1) is 11.6 Å². The maximum absolute atomic E-state index is 14.4. The van der Waals surface area contributed by atoms with Gasteiger partial charge in [-0.1, -0.05) is 41.9 Å². The van der Waals surface area contributed by atoms with Gasteiger partial charge in [0.25, 0.3) is 5.91 Å². The summed E-state index contributed by atoms with van der Waals surface area (Å²) in [5, 5.41) is 3.05. The number of anilines is 1. The van der Waals surface area contributed by atoms with E-state index in [-0.39, 0.29) is 11.3 Å². The lowest BCUT2D eigenvalue weighted by atomic mass is 10.0. The Morgan fingerprint density at radius 3 is 2.37 bits per heavy atom. The molecule has 0 spiro atoms. The van der Waals surface area contributed by atoms with Gasteiger partial charge in [-0.3, -0.25) is 4.79 Å². The predicted octanol–water partition coefficient (Wildman–Crippen LogP) is 5.69. The molecule has 3 aromatic carbocycles. The Bertz CT molecular complexity index is 946. The zero-order valence-electron chi connectivity index (χ0n) is 14.4. The molecular weight excluding hydrogens is 372 g/mol. The van der Waals surface area contributed by atoms with Crippen molar-refractivity contribution in [1.29, 1.82) is 0 Å². The number of carbonyl (C=O) groups excluding carboxylic acids is 1. The van der Waals surface area contributed by atoms with Crippen LogP contribution in [0.2, 0.25) is 5.02 Å². The minimum absolute atomic E-state index is 0.0980. The molecule has 0 aromatic heterocycles. The fourth-order valence-electron chi connectivity index (χ4n) is 2.54. The van der Waals surface area contributed by atoms with Crippen molar-refractivity contribution in [3.8, 4) is 16.9 Å². The molecule has 138 valence electrons. The standard InChI is InChI=1S/C21H16ClF2NO2/c1-13(27-17-9-7-15(22)8-10-17)21(26)25-20-18(11-16(23)12-19(20)24)14-5-3-2-4-6-14/h2-13H,1H3,(H,25,26). The third-order valence-corrected chi connectivity index (χ3v) is 4.14. The molecule has 0 saturated carbocycles. The van der Waals surface area contributed by atoms with Crippen molar-refractivity contribution < 1.29 is 18.3 Å². The summed E-state index contributed by atoms with van der Waals surface area (Å²) in [6, 6.07) is 17.1. The Hall–Kier alpha value is -2.92. The van der Waals surface area contributed by atoms with Gasteiger partial charge in [0, 0.05) is 16.7 Å². The third kappa shape index (κ3) is 4.63. The molecule has 1 atom stereocenters. The first-order valence-corrected chi connectivity index (χ1v) is 8.59. The van der Waals surface area contributed by atoms with E-state index in [0.29, 0.717) is 16.3 Å². The largest absolute Gasteiger partial charge is 0.481 e.